The highest BCUT2D eigenvalue weighted by molar-refractivity contribution is 7.96. The highest BCUT2D eigenvalue weighted by atomic mass is 32.2. The van der Waals surface area contributed by atoms with Crippen LogP contribution in [0.15, 0.2) is 52.2 Å². The molecule has 0 amide bonds. The molecule has 1 unspecified atom stereocenters. The van der Waals surface area contributed by atoms with Gasteiger partial charge in [-0.2, -0.15) is 0 Å². The fraction of sp³-hybridized carbons (Fsp3) is 0.250. The van der Waals surface area contributed by atoms with Crippen LogP contribution in [0.4, 0.5) is 21.6 Å². The summed E-state index contributed by atoms with van der Waals surface area (Å²) in [7, 11) is -2.29. The zero-order chi connectivity index (χ0) is 20.3. The summed E-state index contributed by atoms with van der Waals surface area (Å²) < 4.78 is 43.9. The molecule has 0 fully saturated rings. The number of allylic oxidation sites excluding steroid dienone is 4. The maximum atomic E-state index is 14.5. The summed E-state index contributed by atoms with van der Waals surface area (Å²) in [6, 6.07) is 6.20. The third kappa shape index (κ3) is 2.59. The lowest BCUT2D eigenvalue weighted by Crippen LogP contribution is -2.38. The monoisotopic (exact) mass is 401 g/mol. The molecule has 0 bridgehead atoms. The first-order valence-corrected chi connectivity index (χ1v) is 10.4. The summed E-state index contributed by atoms with van der Waals surface area (Å²) in [6.45, 7) is 3.67. The largest absolute Gasteiger partial charge is 0.337 e. The van der Waals surface area contributed by atoms with E-state index in [1.165, 1.54) is 29.8 Å². The van der Waals surface area contributed by atoms with Crippen molar-refractivity contribution in [2.75, 3.05) is 10.0 Å². The molecule has 1 aliphatic carbocycles. The third-order valence-electron chi connectivity index (χ3n) is 5.41. The van der Waals surface area contributed by atoms with Crippen LogP contribution in [-0.2, 0) is 28.9 Å². The van der Waals surface area contributed by atoms with Gasteiger partial charge in [0.25, 0.3) is 15.6 Å². The molecular weight excluding hydrogens is 381 g/mol. The number of aromatic nitrogens is 1. The molecule has 0 radical (unpaired) electrons. The molecule has 6 nitrogen and oxygen atoms in total. The highest BCUT2D eigenvalue weighted by Gasteiger charge is 2.46. The highest BCUT2D eigenvalue weighted by Crippen LogP contribution is 2.49. The van der Waals surface area contributed by atoms with Crippen LogP contribution in [0.2, 0.25) is 0 Å². The van der Waals surface area contributed by atoms with Crippen LogP contribution >= 0.6 is 0 Å². The van der Waals surface area contributed by atoms with Crippen LogP contribution in [-0.4, -0.2) is 13.0 Å². The zero-order valence-electron chi connectivity index (χ0n) is 15.7. The predicted octanol–water partition coefficient (Wildman–Crippen LogP) is 3.30. The van der Waals surface area contributed by atoms with E-state index in [2.05, 4.69) is 10.0 Å². The van der Waals surface area contributed by atoms with E-state index in [9.17, 15) is 17.6 Å². The van der Waals surface area contributed by atoms with Gasteiger partial charge in [0, 0.05) is 18.7 Å². The maximum absolute atomic E-state index is 14.5. The van der Waals surface area contributed by atoms with Gasteiger partial charge in [0.05, 0.1) is 21.7 Å². The number of halogens is 1. The van der Waals surface area contributed by atoms with E-state index in [0.717, 1.165) is 5.56 Å². The summed E-state index contributed by atoms with van der Waals surface area (Å²) in [4.78, 5) is 12.8. The van der Waals surface area contributed by atoms with Gasteiger partial charge >= 0.3 is 0 Å². The molecule has 146 valence electrons. The van der Waals surface area contributed by atoms with Crippen LogP contribution in [0.3, 0.4) is 0 Å². The molecule has 2 aliphatic rings. The molecule has 1 aromatic heterocycles. The standard InChI is InChI=1S/C20H20FN3O3S/c1-4-12-7-8-15(14(21)10-12)22-19-18-13(11-17(25)24(19)3)20(2)9-5-6-16(20)28(26,27)23-18/h5-11,22-23H,4H2,1-3H3. The molecule has 4 rings (SSSR count). The molecule has 0 saturated carbocycles. The average Bonchev–Trinajstić information content (AvgIpc) is 3.05. The Balaban J connectivity index is 1.94. The Kier molecular flexibility index (Phi) is 4.01. The van der Waals surface area contributed by atoms with E-state index in [-0.39, 0.29) is 27.7 Å². The number of anilines is 3. The van der Waals surface area contributed by atoms with Gasteiger partial charge in [0.2, 0.25) is 0 Å². The lowest BCUT2D eigenvalue weighted by molar-refractivity contribution is 0.593. The van der Waals surface area contributed by atoms with Gasteiger partial charge in [0.15, 0.2) is 0 Å². The van der Waals surface area contributed by atoms with E-state index < -0.39 is 21.3 Å². The van der Waals surface area contributed by atoms with E-state index in [4.69, 9.17) is 0 Å². The van der Waals surface area contributed by atoms with Gasteiger partial charge in [-0.25, -0.2) is 12.8 Å². The minimum absolute atomic E-state index is 0.160. The molecule has 1 atom stereocenters. The summed E-state index contributed by atoms with van der Waals surface area (Å²) in [5, 5.41) is 2.91. The average molecular weight is 401 g/mol. The van der Waals surface area contributed by atoms with Crippen molar-refractivity contribution < 1.29 is 12.8 Å². The van der Waals surface area contributed by atoms with Gasteiger partial charge in [-0.3, -0.25) is 14.1 Å². The number of fused-ring (bicyclic) bond motifs is 3. The first-order chi connectivity index (χ1) is 13.2. The van der Waals surface area contributed by atoms with E-state index in [0.29, 0.717) is 12.0 Å². The van der Waals surface area contributed by atoms with E-state index >= 15 is 0 Å². The summed E-state index contributed by atoms with van der Waals surface area (Å²) in [6.07, 6.45) is 5.63. The molecule has 2 N–H and O–H groups in total. The minimum Gasteiger partial charge on any atom is -0.337 e. The molecule has 2 heterocycles. The van der Waals surface area contributed by atoms with Gasteiger partial charge in [0.1, 0.15) is 11.6 Å². The number of aryl methyl sites for hydroxylation is 1. The summed E-state index contributed by atoms with van der Waals surface area (Å²) >= 11 is 0. The van der Waals surface area contributed by atoms with Gasteiger partial charge in [-0.1, -0.05) is 25.1 Å². The lowest BCUT2D eigenvalue weighted by Gasteiger charge is -2.35. The first kappa shape index (κ1) is 18.5. The van der Waals surface area contributed by atoms with Crippen molar-refractivity contribution in [1.82, 2.24) is 4.57 Å². The second-order valence-electron chi connectivity index (χ2n) is 7.17. The molecule has 1 aliphatic heterocycles. The van der Waals surface area contributed by atoms with Crippen LogP contribution in [0.1, 0.15) is 25.0 Å². The maximum Gasteiger partial charge on any atom is 0.259 e. The molecule has 0 spiro atoms. The number of hydrogen-bond donors (Lipinski definition) is 2. The van der Waals surface area contributed by atoms with Crippen LogP contribution in [0.25, 0.3) is 0 Å². The zero-order valence-corrected chi connectivity index (χ0v) is 16.5. The number of nitrogens with zero attached hydrogens (tertiary/aromatic N) is 1. The van der Waals surface area contributed by atoms with Crippen LogP contribution in [0, 0.1) is 5.82 Å². The second kappa shape index (κ2) is 6.07. The van der Waals surface area contributed by atoms with Crippen molar-refractivity contribution in [3.05, 3.63) is 74.7 Å². The number of hydrogen-bond acceptors (Lipinski definition) is 4. The summed E-state index contributed by atoms with van der Waals surface area (Å²) in [5.74, 6) is -0.287. The number of nitrogens with one attached hydrogen (secondary N) is 2. The molecule has 0 saturated heterocycles. The Morgan fingerprint density at radius 1 is 1.29 bits per heavy atom. The van der Waals surface area contributed by atoms with Crippen molar-refractivity contribution in [3.8, 4) is 0 Å². The van der Waals surface area contributed by atoms with Gasteiger partial charge in [-0.05, 0) is 37.1 Å². The minimum atomic E-state index is -3.80. The van der Waals surface area contributed by atoms with E-state index in [1.807, 2.05) is 6.92 Å². The number of sulfonamides is 1. The van der Waals surface area contributed by atoms with Crippen molar-refractivity contribution in [2.24, 2.45) is 7.05 Å². The predicted molar refractivity (Wildman–Crippen MR) is 108 cm³/mol. The van der Waals surface area contributed by atoms with Crippen molar-refractivity contribution in [2.45, 2.75) is 25.7 Å². The normalized spacial score (nSPS) is 21.5. The Hall–Kier alpha value is -2.87. The van der Waals surface area contributed by atoms with E-state index in [1.54, 1.807) is 31.2 Å². The third-order valence-corrected chi connectivity index (χ3v) is 7.02. The Labute approximate surface area is 162 Å². The van der Waals surface area contributed by atoms with Crippen molar-refractivity contribution in [3.63, 3.8) is 0 Å². The Bertz CT molecular complexity index is 1230. The molecule has 8 heteroatoms. The summed E-state index contributed by atoms with van der Waals surface area (Å²) in [5.41, 5.74) is 0.493. The van der Waals surface area contributed by atoms with Crippen LogP contribution in [0.5, 0.6) is 0 Å². The molecule has 28 heavy (non-hydrogen) atoms. The topological polar surface area (TPSA) is 80.2 Å². The smallest absolute Gasteiger partial charge is 0.259 e. The molecular formula is C20H20FN3O3S. The van der Waals surface area contributed by atoms with Crippen molar-refractivity contribution in [1.29, 1.82) is 0 Å². The number of rotatable bonds is 3. The number of benzene rings is 1. The Morgan fingerprint density at radius 3 is 2.71 bits per heavy atom. The van der Waals surface area contributed by atoms with Gasteiger partial charge < -0.3 is 5.32 Å². The molecule has 1 aromatic carbocycles. The van der Waals surface area contributed by atoms with Crippen molar-refractivity contribution >= 4 is 27.2 Å². The fourth-order valence-corrected chi connectivity index (χ4v) is 5.31. The van der Waals surface area contributed by atoms with Gasteiger partial charge in [-0.15, -0.1) is 0 Å². The molecule has 2 aromatic rings. The first-order valence-electron chi connectivity index (χ1n) is 8.90. The quantitative estimate of drug-likeness (QED) is 0.827. The lowest BCUT2D eigenvalue weighted by atomic mass is 9.83. The van der Waals surface area contributed by atoms with Crippen LogP contribution < -0.4 is 15.6 Å². The Morgan fingerprint density at radius 2 is 2.04 bits per heavy atom. The number of pyridine rings is 1. The SMILES string of the molecule is CCc1ccc(Nc2c3c(cc(=O)n2C)C2(C)C=CC=C2S(=O)(=O)N3)c(F)c1. The second-order valence-corrected chi connectivity index (χ2v) is 8.82. The fourth-order valence-electron chi connectivity index (χ4n) is 3.73.